The lowest BCUT2D eigenvalue weighted by atomic mass is 10.0. The third-order valence-corrected chi connectivity index (χ3v) is 1.65. The fourth-order valence-corrected chi connectivity index (χ4v) is 0.889. The molecule has 0 bridgehead atoms. The first-order chi connectivity index (χ1) is 4.81. The molecule has 0 saturated heterocycles. The lowest BCUT2D eigenvalue weighted by Gasteiger charge is -2.11. The number of hydrogen-bond acceptors (Lipinski definition) is 1. The van der Waals surface area contributed by atoms with Gasteiger partial charge in [0.15, 0.2) is 0 Å². The highest BCUT2D eigenvalue weighted by atomic mass is 16.1. The molecule has 0 rings (SSSR count). The van der Waals surface area contributed by atoms with Crippen LogP contribution < -0.4 is 0 Å². The number of carbonyl (C=O) groups is 1. The monoisotopic (exact) mass is 141 g/mol. The van der Waals surface area contributed by atoms with E-state index in [1.165, 1.54) is 0 Å². The lowest BCUT2D eigenvalue weighted by molar-refractivity contribution is -0.108. The van der Waals surface area contributed by atoms with Crippen LogP contribution in [0.4, 0.5) is 0 Å². The van der Waals surface area contributed by atoms with E-state index in [0.29, 0.717) is 5.92 Å². The average molecular weight is 141 g/mol. The average Bonchev–Trinajstić information content (AvgIpc) is 1.89. The van der Waals surface area contributed by atoms with Gasteiger partial charge in [0, 0.05) is 6.42 Å². The van der Waals surface area contributed by atoms with Crippen LogP contribution in [0.2, 0.25) is 0 Å². The van der Waals surface area contributed by atoms with Crippen molar-refractivity contribution < 1.29 is 4.79 Å². The summed E-state index contributed by atoms with van der Waals surface area (Å²) < 4.78 is 0. The van der Waals surface area contributed by atoms with Gasteiger partial charge in [-0.15, -0.1) is 0 Å². The summed E-state index contributed by atoms with van der Waals surface area (Å²) in [5, 5.41) is 0. The third-order valence-electron chi connectivity index (χ3n) is 1.65. The molecule has 1 unspecified atom stereocenters. The van der Waals surface area contributed by atoms with Crippen LogP contribution in [0.15, 0.2) is 0 Å². The molecular weight excluding hydrogens is 124 g/mol. The van der Waals surface area contributed by atoms with Crippen LogP contribution in [0.1, 0.15) is 39.5 Å². The summed E-state index contributed by atoms with van der Waals surface area (Å²) in [4.78, 5) is 10.0. The van der Waals surface area contributed by atoms with Crippen LogP contribution in [0.3, 0.4) is 0 Å². The zero-order valence-corrected chi connectivity index (χ0v) is 6.97. The van der Waals surface area contributed by atoms with Gasteiger partial charge in [-0.1, -0.05) is 20.3 Å². The standard InChI is InChI=1S/C9H17O/c1-3-4-5-6-9(2)7-8-10/h4,8-9H,3,5-7H2,1-2H3/q-1. The summed E-state index contributed by atoms with van der Waals surface area (Å²) in [6.45, 7) is 4.27. The van der Waals surface area contributed by atoms with Crippen molar-refractivity contribution >= 4 is 6.29 Å². The predicted octanol–water partition coefficient (Wildman–Crippen LogP) is 2.61. The summed E-state index contributed by atoms with van der Waals surface area (Å²) in [7, 11) is 0. The van der Waals surface area contributed by atoms with Gasteiger partial charge in [-0.25, -0.2) is 0 Å². The predicted molar refractivity (Wildman–Crippen MR) is 43.7 cm³/mol. The number of rotatable bonds is 6. The van der Waals surface area contributed by atoms with Crippen molar-refractivity contribution in [2.75, 3.05) is 0 Å². The second-order valence-corrected chi connectivity index (χ2v) is 2.78. The number of carbonyl (C=O) groups excluding carboxylic acids is 1. The summed E-state index contributed by atoms with van der Waals surface area (Å²) in [6, 6.07) is 0. The molecule has 0 aliphatic heterocycles. The maximum Gasteiger partial charge on any atom is 0.120 e. The van der Waals surface area contributed by atoms with E-state index in [9.17, 15) is 4.79 Å². The van der Waals surface area contributed by atoms with E-state index in [1.807, 2.05) is 0 Å². The minimum atomic E-state index is 0.570. The molecule has 0 aliphatic rings. The molecule has 0 aliphatic carbocycles. The van der Waals surface area contributed by atoms with Gasteiger partial charge in [-0.2, -0.15) is 12.8 Å². The Balaban J connectivity index is 3.04. The van der Waals surface area contributed by atoms with Crippen LogP contribution in [0, 0.1) is 12.3 Å². The normalized spacial score (nSPS) is 13.0. The Morgan fingerprint density at radius 1 is 1.60 bits per heavy atom. The van der Waals surface area contributed by atoms with Crippen molar-refractivity contribution in [3.63, 3.8) is 0 Å². The van der Waals surface area contributed by atoms with Crippen LogP contribution in [-0.2, 0) is 4.79 Å². The Morgan fingerprint density at radius 2 is 2.30 bits per heavy atom. The Bertz CT molecular complexity index is 78.8. The number of aldehydes is 1. The van der Waals surface area contributed by atoms with Gasteiger partial charge in [0.2, 0.25) is 0 Å². The van der Waals surface area contributed by atoms with Crippen molar-refractivity contribution in [3.05, 3.63) is 6.42 Å². The Morgan fingerprint density at radius 3 is 2.80 bits per heavy atom. The summed E-state index contributed by atoms with van der Waals surface area (Å²) in [5.74, 6) is 0.570. The minimum absolute atomic E-state index is 0.570. The van der Waals surface area contributed by atoms with Gasteiger partial charge >= 0.3 is 0 Å². The number of unbranched alkanes of at least 4 members (excludes halogenated alkanes) is 2. The quantitative estimate of drug-likeness (QED) is 0.315. The molecule has 60 valence electrons. The van der Waals surface area contributed by atoms with E-state index in [4.69, 9.17) is 0 Å². The fourth-order valence-electron chi connectivity index (χ4n) is 0.889. The summed E-state index contributed by atoms with van der Waals surface area (Å²) in [6.07, 6.45) is 7.46. The summed E-state index contributed by atoms with van der Waals surface area (Å²) >= 11 is 0. The molecule has 1 heteroatoms. The molecule has 0 heterocycles. The highest BCUT2D eigenvalue weighted by molar-refractivity contribution is 5.49. The molecule has 0 aromatic rings. The van der Waals surface area contributed by atoms with E-state index >= 15 is 0 Å². The largest absolute Gasteiger partial charge is 0.329 e. The van der Waals surface area contributed by atoms with E-state index in [-0.39, 0.29) is 0 Å². The van der Waals surface area contributed by atoms with Crippen molar-refractivity contribution in [1.29, 1.82) is 0 Å². The highest BCUT2D eigenvalue weighted by Gasteiger charge is 1.95. The zero-order valence-electron chi connectivity index (χ0n) is 6.97. The second kappa shape index (κ2) is 6.79. The molecular formula is C9H17O-. The molecule has 1 nitrogen and oxygen atoms in total. The molecule has 0 saturated carbocycles. The van der Waals surface area contributed by atoms with Crippen LogP contribution in [0.25, 0.3) is 0 Å². The molecule has 0 amide bonds. The maximum absolute atomic E-state index is 10.0. The van der Waals surface area contributed by atoms with Crippen LogP contribution in [0.5, 0.6) is 0 Å². The smallest absolute Gasteiger partial charge is 0.120 e. The van der Waals surface area contributed by atoms with Gasteiger partial charge in [0.05, 0.1) is 0 Å². The van der Waals surface area contributed by atoms with E-state index < -0.39 is 0 Å². The first-order valence-corrected chi connectivity index (χ1v) is 4.06. The van der Waals surface area contributed by atoms with E-state index in [0.717, 1.165) is 32.0 Å². The van der Waals surface area contributed by atoms with E-state index in [1.54, 1.807) is 0 Å². The molecule has 0 fully saturated rings. The topological polar surface area (TPSA) is 17.1 Å². The number of hydrogen-bond donors (Lipinski definition) is 0. The Labute approximate surface area is 63.8 Å². The summed E-state index contributed by atoms with van der Waals surface area (Å²) in [5.41, 5.74) is 0. The van der Waals surface area contributed by atoms with Gasteiger partial charge in [0.1, 0.15) is 6.29 Å². The molecule has 0 aromatic heterocycles. The van der Waals surface area contributed by atoms with Gasteiger partial charge in [-0.05, 0) is 5.92 Å². The van der Waals surface area contributed by atoms with Gasteiger partial charge in [-0.3, -0.25) is 0 Å². The first kappa shape index (κ1) is 9.67. The van der Waals surface area contributed by atoms with Crippen molar-refractivity contribution in [2.45, 2.75) is 39.5 Å². The molecule has 1 atom stereocenters. The molecule has 0 radical (unpaired) electrons. The zero-order chi connectivity index (χ0) is 7.82. The Hall–Kier alpha value is -0.330. The van der Waals surface area contributed by atoms with Gasteiger partial charge in [0.25, 0.3) is 0 Å². The van der Waals surface area contributed by atoms with Crippen LogP contribution >= 0.6 is 0 Å². The second-order valence-electron chi connectivity index (χ2n) is 2.78. The molecule has 10 heavy (non-hydrogen) atoms. The molecule has 0 aromatic carbocycles. The Kier molecular flexibility index (Phi) is 6.56. The van der Waals surface area contributed by atoms with Crippen molar-refractivity contribution in [1.82, 2.24) is 0 Å². The van der Waals surface area contributed by atoms with Crippen molar-refractivity contribution in [2.24, 2.45) is 5.92 Å². The molecule has 0 N–H and O–H groups in total. The highest BCUT2D eigenvalue weighted by Crippen LogP contribution is 2.10. The van der Waals surface area contributed by atoms with Crippen molar-refractivity contribution in [3.8, 4) is 0 Å². The minimum Gasteiger partial charge on any atom is -0.329 e. The first-order valence-electron chi connectivity index (χ1n) is 4.06. The fraction of sp³-hybridized carbons (Fsp3) is 0.778. The lowest BCUT2D eigenvalue weighted by Crippen LogP contribution is -1.94. The van der Waals surface area contributed by atoms with Crippen LogP contribution in [-0.4, -0.2) is 6.29 Å². The maximum atomic E-state index is 10.0. The van der Waals surface area contributed by atoms with E-state index in [2.05, 4.69) is 20.3 Å². The molecule has 0 spiro atoms. The third kappa shape index (κ3) is 5.80. The van der Waals surface area contributed by atoms with Gasteiger partial charge < -0.3 is 11.2 Å². The SMILES string of the molecule is CC[CH-]CCC(C)CC=O.